The number of hydrazone groups is 1. The number of hydrogen-bond donors (Lipinski definition) is 1. The third-order valence-electron chi connectivity index (χ3n) is 3.84. The quantitative estimate of drug-likeness (QED) is 0.618. The number of carbonyl (C=O) groups is 1. The Labute approximate surface area is 139 Å². The van der Waals surface area contributed by atoms with Crippen LogP contribution in [0.5, 0.6) is 17.2 Å². The first kappa shape index (κ1) is 16.6. The second-order valence-corrected chi connectivity index (χ2v) is 7.81. The van der Waals surface area contributed by atoms with Crippen molar-refractivity contribution in [1.29, 1.82) is 0 Å². The Morgan fingerprint density at radius 3 is 2.88 bits per heavy atom. The van der Waals surface area contributed by atoms with Crippen molar-refractivity contribution in [3.05, 3.63) is 17.7 Å². The Morgan fingerprint density at radius 2 is 2.17 bits per heavy atom. The molecule has 8 nitrogen and oxygen atoms in total. The number of fused-ring (bicyclic) bond motifs is 1. The van der Waals surface area contributed by atoms with E-state index in [4.69, 9.17) is 14.2 Å². The standard InChI is InChI=1S/C15H18N2O6S/c1-21-12-6-10(7-13-14(12)23-4-3-22-13)8-16-17-15(18)11-2-5-24(19,20)9-11/h6-8,11H,2-5,9H2,1H3,(H,17,18)/b16-8-/t11-/m1/s1. The smallest absolute Gasteiger partial charge is 0.244 e. The fourth-order valence-electron chi connectivity index (χ4n) is 2.63. The van der Waals surface area contributed by atoms with Gasteiger partial charge in [-0.2, -0.15) is 5.10 Å². The van der Waals surface area contributed by atoms with Crippen LogP contribution in [0.25, 0.3) is 0 Å². The predicted octanol–water partition coefficient (Wildman–Crippen LogP) is 0.351. The number of ether oxygens (including phenoxy) is 3. The lowest BCUT2D eigenvalue weighted by molar-refractivity contribution is -0.124. The van der Waals surface area contributed by atoms with Crippen LogP contribution < -0.4 is 19.6 Å². The van der Waals surface area contributed by atoms with Crippen molar-refractivity contribution in [3.8, 4) is 17.2 Å². The molecule has 1 N–H and O–H groups in total. The van der Waals surface area contributed by atoms with Crippen LogP contribution in [-0.4, -0.2) is 52.4 Å². The molecular weight excluding hydrogens is 336 g/mol. The first-order chi connectivity index (χ1) is 11.5. The third kappa shape index (κ3) is 3.61. The largest absolute Gasteiger partial charge is 0.493 e. The number of nitrogens with one attached hydrogen (secondary N) is 1. The van der Waals surface area contributed by atoms with Gasteiger partial charge < -0.3 is 14.2 Å². The van der Waals surface area contributed by atoms with E-state index in [0.717, 1.165) is 0 Å². The summed E-state index contributed by atoms with van der Waals surface area (Å²) in [5.74, 6) is 0.609. The molecule has 1 atom stereocenters. The van der Waals surface area contributed by atoms with Gasteiger partial charge in [0.05, 0.1) is 30.7 Å². The molecule has 2 aliphatic heterocycles. The fourth-order valence-corrected chi connectivity index (χ4v) is 4.37. The predicted molar refractivity (Wildman–Crippen MR) is 86.5 cm³/mol. The summed E-state index contributed by atoms with van der Waals surface area (Å²) in [4.78, 5) is 11.9. The summed E-state index contributed by atoms with van der Waals surface area (Å²) in [6.45, 7) is 0.904. The zero-order chi connectivity index (χ0) is 17.2. The Hall–Kier alpha value is -2.29. The highest BCUT2D eigenvalue weighted by Gasteiger charge is 2.32. The fraction of sp³-hybridized carbons (Fsp3) is 0.467. The number of amides is 1. The molecule has 1 amide bonds. The molecular formula is C15H18N2O6S. The minimum absolute atomic E-state index is 0.0498. The monoisotopic (exact) mass is 354 g/mol. The number of methoxy groups -OCH3 is 1. The van der Waals surface area contributed by atoms with Gasteiger partial charge in [-0.05, 0) is 18.6 Å². The highest BCUT2D eigenvalue weighted by Crippen LogP contribution is 2.39. The highest BCUT2D eigenvalue weighted by atomic mass is 32.2. The molecule has 2 aliphatic rings. The number of sulfone groups is 1. The van der Waals surface area contributed by atoms with Gasteiger partial charge in [0.2, 0.25) is 11.7 Å². The summed E-state index contributed by atoms with van der Waals surface area (Å²) >= 11 is 0. The Bertz CT molecular complexity index is 757. The minimum atomic E-state index is -3.10. The molecule has 0 saturated carbocycles. The lowest BCUT2D eigenvalue weighted by Crippen LogP contribution is -2.27. The van der Waals surface area contributed by atoms with Gasteiger partial charge in [-0.1, -0.05) is 0 Å². The van der Waals surface area contributed by atoms with Crippen molar-refractivity contribution in [3.63, 3.8) is 0 Å². The summed E-state index contributed by atoms with van der Waals surface area (Å²) in [5.41, 5.74) is 3.04. The molecule has 0 unspecified atom stereocenters. The van der Waals surface area contributed by atoms with Crippen LogP contribution in [0.2, 0.25) is 0 Å². The van der Waals surface area contributed by atoms with Gasteiger partial charge in [0.1, 0.15) is 13.2 Å². The van der Waals surface area contributed by atoms with Gasteiger partial charge in [-0.3, -0.25) is 4.79 Å². The molecule has 24 heavy (non-hydrogen) atoms. The molecule has 1 saturated heterocycles. The van der Waals surface area contributed by atoms with Crippen LogP contribution >= 0.6 is 0 Å². The first-order valence-electron chi connectivity index (χ1n) is 7.49. The SMILES string of the molecule is COc1cc(/C=N\NC(=O)[C@@H]2CCS(=O)(=O)C2)cc2c1OCCO2. The van der Waals surface area contributed by atoms with Crippen LogP contribution in [-0.2, 0) is 14.6 Å². The maximum absolute atomic E-state index is 11.9. The van der Waals surface area contributed by atoms with E-state index in [0.29, 0.717) is 42.4 Å². The van der Waals surface area contributed by atoms with E-state index in [1.54, 1.807) is 12.1 Å². The van der Waals surface area contributed by atoms with Crippen LogP contribution in [0, 0.1) is 5.92 Å². The molecule has 1 aromatic rings. The van der Waals surface area contributed by atoms with Gasteiger partial charge in [0.25, 0.3) is 0 Å². The van der Waals surface area contributed by atoms with Gasteiger partial charge in [0.15, 0.2) is 21.3 Å². The van der Waals surface area contributed by atoms with Crippen molar-refractivity contribution >= 4 is 22.0 Å². The third-order valence-corrected chi connectivity index (χ3v) is 5.61. The summed E-state index contributed by atoms with van der Waals surface area (Å²) in [7, 11) is -1.57. The Morgan fingerprint density at radius 1 is 1.38 bits per heavy atom. The Kier molecular flexibility index (Phi) is 4.61. The van der Waals surface area contributed by atoms with E-state index in [9.17, 15) is 13.2 Å². The summed E-state index contributed by atoms with van der Waals surface area (Å²) < 4.78 is 39.1. The molecule has 0 aliphatic carbocycles. The molecule has 0 bridgehead atoms. The molecule has 0 radical (unpaired) electrons. The van der Waals surface area contributed by atoms with E-state index in [-0.39, 0.29) is 11.5 Å². The van der Waals surface area contributed by atoms with Gasteiger partial charge in [0, 0.05) is 5.56 Å². The summed E-state index contributed by atoms with van der Waals surface area (Å²) in [6, 6.07) is 3.44. The number of rotatable bonds is 4. The van der Waals surface area contributed by atoms with Crippen LogP contribution in [0.3, 0.4) is 0 Å². The molecule has 130 valence electrons. The molecule has 0 spiro atoms. The van der Waals surface area contributed by atoms with Crippen molar-refractivity contribution in [1.82, 2.24) is 5.43 Å². The average Bonchev–Trinajstić information content (AvgIpc) is 2.94. The maximum atomic E-state index is 11.9. The second kappa shape index (κ2) is 6.68. The second-order valence-electron chi connectivity index (χ2n) is 5.58. The van der Waals surface area contributed by atoms with Gasteiger partial charge >= 0.3 is 0 Å². The molecule has 1 aromatic carbocycles. The number of carbonyl (C=O) groups excluding carboxylic acids is 1. The van der Waals surface area contributed by atoms with Gasteiger partial charge in [-0.15, -0.1) is 0 Å². The van der Waals surface area contributed by atoms with Crippen molar-refractivity contribution < 1.29 is 27.4 Å². The zero-order valence-corrected chi connectivity index (χ0v) is 14.0. The average molecular weight is 354 g/mol. The minimum Gasteiger partial charge on any atom is -0.493 e. The van der Waals surface area contributed by atoms with Crippen molar-refractivity contribution in [2.45, 2.75) is 6.42 Å². The van der Waals surface area contributed by atoms with Crippen LogP contribution in [0.1, 0.15) is 12.0 Å². The highest BCUT2D eigenvalue weighted by molar-refractivity contribution is 7.91. The van der Waals surface area contributed by atoms with Crippen molar-refractivity contribution in [2.24, 2.45) is 11.0 Å². The maximum Gasteiger partial charge on any atom is 0.244 e. The van der Waals surface area contributed by atoms with Crippen LogP contribution in [0.4, 0.5) is 0 Å². The lowest BCUT2D eigenvalue weighted by atomic mass is 10.1. The first-order valence-corrected chi connectivity index (χ1v) is 9.31. The summed E-state index contributed by atoms with van der Waals surface area (Å²) in [6.07, 6.45) is 1.78. The normalized spacial score (nSPS) is 21.6. The van der Waals surface area contributed by atoms with Crippen LogP contribution in [0.15, 0.2) is 17.2 Å². The van der Waals surface area contributed by atoms with E-state index in [1.807, 2.05) is 0 Å². The molecule has 3 rings (SSSR count). The molecule has 0 aromatic heterocycles. The van der Waals surface area contributed by atoms with E-state index in [2.05, 4.69) is 10.5 Å². The number of benzene rings is 1. The molecule has 1 fully saturated rings. The van der Waals surface area contributed by atoms with E-state index >= 15 is 0 Å². The molecule has 2 heterocycles. The molecule has 9 heteroatoms. The topological polar surface area (TPSA) is 103 Å². The Balaban J connectivity index is 1.67. The van der Waals surface area contributed by atoms with E-state index < -0.39 is 21.7 Å². The number of hydrogen-bond acceptors (Lipinski definition) is 7. The summed E-state index contributed by atoms with van der Waals surface area (Å²) in [5, 5.41) is 3.89. The van der Waals surface area contributed by atoms with Crippen molar-refractivity contribution in [2.75, 3.05) is 31.8 Å². The number of nitrogens with zero attached hydrogens (tertiary/aromatic N) is 1. The van der Waals surface area contributed by atoms with E-state index in [1.165, 1.54) is 13.3 Å². The lowest BCUT2D eigenvalue weighted by Gasteiger charge is -2.20. The van der Waals surface area contributed by atoms with Gasteiger partial charge in [-0.25, -0.2) is 13.8 Å². The zero-order valence-electron chi connectivity index (χ0n) is 13.1.